The maximum absolute atomic E-state index is 12.9. The van der Waals surface area contributed by atoms with Crippen molar-refractivity contribution in [3.8, 4) is 0 Å². The van der Waals surface area contributed by atoms with Gasteiger partial charge in [0.15, 0.2) is 0 Å². The molecule has 0 aliphatic carbocycles. The Balaban J connectivity index is 1.43. The number of carbonyl (C=O) groups excluding carboxylic acids is 1. The topological polar surface area (TPSA) is 61.8 Å². The zero-order chi connectivity index (χ0) is 15.8. The monoisotopic (exact) mass is 317 g/mol. The number of nitrogens with zero attached hydrogens (tertiary/aromatic N) is 5. The van der Waals surface area contributed by atoms with Gasteiger partial charge in [0, 0.05) is 51.4 Å². The summed E-state index contributed by atoms with van der Waals surface area (Å²) in [7, 11) is 2.10. The van der Waals surface area contributed by atoms with Gasteiger partial charge in [0.25, 0.3) is 0 Å². The Bertz CT molecular complexity index is 561. The summed E-state index contributed by atoms with van der Waals surface area (Å²) in [5, 5.41) is 0. The van der Waals surface area contributed by atoms with Gasteiger partial charge in [0.05, 0.1) is 18.6 Å². The number of aromatic nitrogens is 2. The van der Waals surface area contributed by atoms with Crippen molar-refractivity contribution in [3.63, 3.8) is 0 Å². The van der Waals surface area contributed by atoms with Crippen molar-refractivity contribution in [1.82, 2.24) is 19.8 Å². The van der Waals surface area contributed by atoms with Gasteiger partial charge in [-0.2, -0.15) is 0 Å². The van der Waals surface area contributed by atoms with Crippen LogP contribution in [0.4, 0.5) is 5.82 Å². The van der Waals surface area contributed by atoms with Gasteiger partial charge in [-0.3, -0.25) is 4.79 Å². The lowest BCUT2D eigenvalue weighted by atomic mass is 9.91. The zero-order valence-electron chi connectivity index (χ0n) is 13.5. The summed E-state index contributed by atoms with van der Waals surface area (Å²) in [4.78, 5) is 27.7. The molecule has 0 saturated carbocycles. The largest absolute Gasteiger partial charge is 0.375 e. The number of carbonyl (C=O) groups is 1. The second-order valence-electron chi connectivity index (χ2n) is 6.74. The number of rotatable bonds is 2. The Morgan fingerprint density at radius 3 is 2.83 bits per heavy atom. The van der Waals surface area contributed by atoms with Gasteiger partial charge in [0.1, 0.15) is 12.1 Å². The Kier molecular flexibility index (Phi) is 3.90. The maximum Gasteiger partial charge on any atom is 0.228 e. The number of amides is 1. The van der Waals surface area contributed by atoms with Crippen LogP contribution in [-0.2, 0) is 9.53 Å². The highest BCUT2D eigenvalue weighted by Gasteiger charge is 2.48. The number of fused-ring (bicyclic) bond motifs is 1. The van der Waals surface area contributed by atoms with Crippen LogP contribution in [0.2, 0.25) is 0 Å². The summed E-state index contributed by atoms with van der Waals surface area (Å²) in [5.74, 6) is 1.46. The predicted octanol–water partition coefficient (Wildman–Crippen LogP) is -0.298. The Morgan fingerprint density at radius 1 is 1.26 bits per heavy atom. The van der Waals surface area contributed by atoms with E-state index in [1.54, 1.807) is 12.5 Å². The third-order valence-corrected chi connectivity index (χ3v) is 5.34. The summed E-state index contributed by atoms with van der Waals surface area (Å²) < 4.78 is 5.93. The van der Waals surface area contributed by atoms with Crippen molar-refractivity contribution in [3.05, 3.63) is 18.6 Å². The lowest BCUT2D eigenvalue weighted by Crippen LogP contribution is -2.50. The van der Waals surface area contributed by atoms with Gasteiger partial charge in [-0.15, -0.1) is 0 Å². The summed E-state index contributed by atoms with van der Waals surface area (Å²) in [6.45, 7) is 5.80. The Hall–Kier alpha value is -1.73. The molecule has 3 aliphatic heterocycles. The van der Waals surface area contributed by atoms with Crippen molar-refractivity contribution < 1.29 is 9.53 Å². The number of hydrogen-bond acceptors (Lipinski definition) is 6. The SMILES string of the molecule is CN1CCN(C(=O)[C@@H]2CO[C@H]3CN(c4ccncn4)C[C@H]32)CC1. The summed E-state index contributed by atoms with van der Waals surface area (Å²) >= 11 is 0. The fraction of sp³-hybridized carbons (Fsp3) is 0.688. The molecule has 3 aliphatic rings. The number of likely N-dealkylation sites (N-methyl/N-ethyl adjacent to an activating group) is 1. The van der Waals surface area contributed by atoms with Crippen molar-refractivity contribution in [2.24, 2.45) is 11.8 Å². The molecule has 0 radical (unpaired) electrons. The van der Waals surface area contributed by atoms with Crippen LogP contribution in [0.25, 0.3) is 0 Å². The molecule has 0 aromatic carbocycles. The van der Waals surface area contributed by atoms with Crippen LogP contribution in [0.3, 0.4) is 0 Å². The van der Waals surface area contributed by atoms with Crippen LogP contribution in [0, 0.1) is 11.8 Å². The number of piperazine rings is 1. The minimum atomic E-state index is -0.00440. The average Bonchev–Trinajstić information content (AvgIpc) is 3.16. The summed E-state index contributed by atoms with van der Waals surface area (Å²) in [6.07, 6.45) is 3.47. The average molecular weight is 317 g/mol. The van der Waals surface area contributed by atoms with E-state index in [2.05, 4.69) is 26.8 Å². The molecule has 7 heteroatoms. The van der Waals surface area contributed by atoms with Gasteiger partial charge in [0.2, 0.25) is 5.91 Å². The highest BCUT2D eigenvalue weighted by molar-refractivity contribution is 5.80. The van der Waals surface area contributed by atoms with Gasteiger partial charge in [-0.05, 0) is 13.1 Å². The van der Waals surface area contributed by atoms with E-state index in [0.717, 1.165) is 45.1 Å². The van der Waals surface area contributed by atoms with Crippen LogP contribution in [-0.4, -0.2) is 84.7 Å². The molecule has 7 nitrogen and oxygen atoms in total. The third kappa shape index (κ3) is 2.79. The Morgan fingerprint density at radius 2 is 2.09 bits per heavy atom. The molecule has 0 unspecified atom stereocenters. The quantitative estimate of drug-likeness (QED) is 0.746. The number of anilines is 1. The molecule has 3 saturated heterocycles. The first kappa shape index (κ1) is 14.8. The van der Waals surface area contributed by atoms with Crippen molar-refractivity contribution >= 4 is 11.7 Å². The van der Waals surface area contributed by atoms with Gasteiger partial charge in [-0.25, -0.2) is 9.97 Å². The van der Waals surface area contributed by atoms with E-state index in [4.69, 9.17) is 4.74 Å². The smallest absolute Gasteiger partial charge is 0.228 e. The van der Waals surface area contributed by atoms with Crippen molar-refractivity contribution in [2.75, 3.05) is 57.8 Å². The van der Waals surface area contributed by atoms with Crippen LogP contribution in [0.15, 0.2) is 18.6 Å². The Labute approximate surface area is 136 Å². The molecule has 3 fully saturated rings. The van der Waals surface area contributed by atoms with Crippen LogP contribution in [0.5, 0.6) is 0 Å². The second kappa shape index (κ2) is 6.05. The molecule has 4 rings (SSSR count). The summed E-state index contributed by atoms with van der Waals surface area (Å²) in [5.41, 5.74) is 0. The molecule has 23 heavy (non-hydrogen) atoms. The molecule has 124 valence electrons. The van der Waals surface area contributed by atoms with Gasteiger partial charge < -0.3 is 19.4 Å². The maximum atomic E-state index is 12.9. The highest BCUT2D eigenvalue weighted by Crippen LogP contribution is 2.36. The second-order valence-corrected chi connectivity index (χ2v) is 6.74. The van der Waals surface area contributed by atoms with E-state index in [1.165, 1.54) is 0 Å². The fourth-order valence-corrected chi connectivity index (χ4v) is 3.89. The fourth-order valence-electron chi connectivity index (χ4n) is 3.89. The molecule has 1 aromatic heterocycles. The zero-order valence-corrected chi connectivity index (χ0v) is 13.5. The minimum absolute atomic E-state index is 0.00440. The van der Waals surface area contributed by atoms with E-state index >= 15 is 0 Å². The first-order chi connectivity index (χ1) is 11.2. The molecule has 4 heterocycles. The molecule has 0 bridgehead atoms. The van der Waals surface area contributed by atoms with E-state index in [1.807, 2.05) is 11.0 Å². The van der Waals surface area contributed by atoms with Gasteiger partial charge in [-0.1, -0.05) is 0 Å². The van der Waals surface area contributed by atoms with E-state index in [9.17, 15) is 4.79 Å². The van der Waals surface area contributed by atoms with Crippen molar-refractivity contribution in [2.45, 2.75) is 6.10 Å². The molecule has 3 atom stereocenters. The lowest BCUT2D eigenvalue weighted by molar-refractivity contribution is -0.138. The van der Waals surface area contributed by atoms with Crippen LogP contribution < -0.4 is 4.90 Å². The minimum Gasteiger partial charge on any atom is -0.375 e. The predicted molar refractivity (Wildman–Crippen MR) is 85.0 cm³/mol. The molecular formula is C16H23N5O2. The normalized spacial score (nSPS) is 31.4. The first-order valence-corrected chi connectivity index (χ1v) is 8.32. The van der Waals surface area contributed by atoms with Crippen LogP contribution >= 0.6 is 0 Å². The first-order valence-electron chi connectivity index (χ1n) is 8.32. The number of ether oxygens (including phenoxy) is 1. The lowest BCUT2D eigenvalue weighted by Gasteiger charge is -2.34. The van der Waals surface area contributed by atoms with E-state index in [0.29, 0.717) is 6.61 Å². The van der Waals surface area contributed by atoms with Crippen molar-refractivity contribution in [1.29, 1.82) is 0 Å². The van der Waals surface area contributed by atoms with Crippen LogP contribution in [0.1, 0.15) is 0 Å². The third-order valence-electron chi connectivity index (χ3n) is 5.34. The molecule has 1 aromatic rings. The molecule has 0 N–H and O–H groups in total. The van der Waals surface area contributed by atoms with Gasteiger partial charge >= 0.3 is 0 Å². The highest BCUT2D eigenvalue weighted by atomic mass is 16.5. The van der Waals surface area contributed by atoms with E-state index in [-0.39, 0.29) is 23.8 Å². The molecule has 1 amide bonds. The molecular weight excluding hydrogens is 294 g/mol. The molecule has 0 spiro atoms. The van der Waals surface area contributed by atoms with E-state index < -0.39 is 0 Å². The number of hydrogen-bond donors (Lipinski definition) is 0. The summed E-state index contributed by atoms with van der Waals surface area (Å²) in [6, 6.07) is 1.92. The standard InChI is InChI=1S/C16H23N5O2/c1-19-4-6-20(7-5-19)16(22)13-10-23-14-9-21(8-12(13)14)15-2-3-17-11-18-15/h2-3,11-14H,4-10H2,1H3/t12-,13+,14-/m0/s1.